The molecule has 23 heavy (non-hydrogen) atoms. The molecule has 0 amide bonds. The lowest BCUT2D eigenvalue weighted by Crippen LogP contribution is -2.24. The average Bonchev–Trinajstić information content (AvgIpc) is 2.60. The molecule has 0 spiro atoms. The van der Waals surface area contributed by atoms with Crippen molar-refractivity contribution in [2.24, 2.45) is 5.10 Å². The molecule has 0 aromatic heterocycles. The van der Waals surface area contributed by atoms with Gasteiger partial charge in [0.05, 0.1) is 12.8 Å². The van der Waals surface area contributed by atoms with Gasteiger partial charge in [-0.3, -0.25) is 5.43 Å². The number of hydrogen-bond donors (Lipinski definition) is 2. The van der Waals surface area contributed by atoms with Crippen molar-refractivity contribution < 1.29 is 4.74 Å². The van der Waals surface area contributed by atoms with Crippen molar-refractivity contribution in [1.29, 1.82) is 0 Å². The number of methoxy groups -OCH3 is 1. The van der Waals surface area contributed by atoms with Gasteiger partial charge in [0.1, 0.15) is 5.75 Å². The van der Waals surface area contributed by atoms with Gasteiger partial charge in [-0.2, -0.15) is 5.10 Å². The number of hydrogen-bond acceptors (Lipinski definition) is 3. The van der Waals surface area contributed by atoms with E-state index in [4.69, 9.17) is 17.0 Å². The van der Waals surface area contributed by atoms with Crippen molar-refractivity contribution in [2.45, 2.75) is 6.92 Å². The molecule has 2 aromatic rings. The molecule has 2 aromatic carbocycles. The molecule has 118 valence electrons. The third kappa shape index (κ3) is 5.92. The maximum absolute atomic E-state index is 5.21. The van der Waals surface area contributed by atoms with Gasteiger partial charge < -0.3 is 10.1 Å². The molecule has 0 aliphatic heterocycles. The number of thiocarbonyl (C=S) groups is 1. The number of ether oxygens (including phenoxy) is 1. The van der Waals surface area contributed by atoms with Gasteiger partial charge in [0.15, 0.2) is 5.11 Å². The summed E-state index contributed by atoms with van der Waals surface area (Å²) in [6.45, 7) is 1.91. The highest BCUT2D eigenvalue weighted by atomic mass is 32.1. The van der Waals surface area contributed by atoms with E-state index in [1.165, 1.54) is 0 Å². The van der Waals surface area contributed by atoms with Crippen LogP contribution in [0.3, 0.4) is 0 Å². The quantitative estimate of drug-likeness (QED) is 0.494. The Morgan fingerprint density at radius 3 is 2.43 bits per heavy atom. The van der Waals surface area contributed by atoms with Gasteiger partial charge in [0, 0.05) is 5.69 Å². The number of nitrogens with zero attached hydrogens (tertiary/aromatic N) is 1. The molecule has 0 bridgehead atoms. The molecule has 0 aliphatic carbocycles. The molecule has 0 saturated heterocycles. The Morgan fingerprint density at radius 2 is 1.78 bits per heavy atom. The van der Waals surface area contributed by atoms with Gasteiger partial charge in [0.25, 0.3) is 0 Å². The number of nitrogens with one attached hydrogen (secondary N) is 2. The van der Waals surface area contributed by atoms with Crippen LogP contribution in [0.2, 0.25) is 0 Å². The van der Waals surface area contributed by atoms with Crippen LogP contribution in [0.5, 0.6) is 5.75 Å². The Morgan fingerprint density at radius 1 is 1.09 bits per heavy atom. The fourth-order valence-electron chi connectivity index (χ4n) is 1.79. The third-order valence-corrected chi connectivity index (χ3v) is 3.19. The van der Waals surface area contributed by atoms with E-state index in [9.17, 15) is 0 Å². The maximum atomic E-state index is 5.21. The summed E-state index contributed by atoms with van der Waals surface area (Å²) in [5, 5.41) is 7.71. The summed E-state index contributed by atoms with van der Waals surface area (Å²) in [6.07, 6.45) is 3.93. The van der Waals surface area contributed by atoms with Gasteiger partial charge in [-0.05, 0) is 55.0 Å². The lowest BCUT2D eigenvalue weighted by atomic mass is 10.2. The van der Waals surface area contributed by atoms with Gasteiger partial charge in [-0.15, -0.1) is 0 Å². The van der Waals surface area contributed by atoms with E-state index < -0.39 is 0 Å². The molecule has 0 unspecified atom stereocenters. The first kappa shape index (κ1) is 16.7. The van der Waals surface area contributed by atoms with Crippen LogP contribution in [0.25, 0.3) is 6.08 Å². The molecule has 0 saturated carbocycles. The van der Waals surface area contributed by atoms with E-state index in [2.05, 4.69) is 15.8 Å². The smallest absolute Gasteiger partial charge is 0.191 e. The predicted octanol–water partition coefficient (Wildman–Crippen LogP) is 4.07. The lowest BCUT2D eigenvalue weighted by Gasteiger charge is -2.08. The van der Waals surface area contributed by atoms with Crippen LogP contribution in [-0.2, 0) is 0 Å². The Kier molecular flexibility index (Phi) is 6.32. The van der Waals surface area contributed by atoms with E-state index in [0.29, 0.717) is 5.11 Å². The monoisotopic (exact) mass is 325 g/mol. The van der Waals surface area contributed by atoms with Crippen molar-refractivity contribution >= 4 is 34.8 Å². The van der Waals surface area contributed by atoms with Crippen LogP contribution in [0.4, 0.5) is 5.69 Å². The van der Waals surface area contributed by atoms with Gasteiger partial charge in [0.2, 0.25) is 0 Å². The van der Waals surface area contributed by atoms with Crippen LogP contribution in [0, 0.1) is 0 Å². The second kappa shape index (κ2) is 8.70. The second-order valence-electron chi connectivity index (χ2n) is 4.79. The van der Waals surface area contributed by atoms with E-state index >= 15 is 0 Å². The molecule has 0 radical (unpaired) electrons. The highest BCUT2D eigenvalue weighted by molar-refractivity contribution is 7.80. The first-order valence-electron chi connectivity index (χ1n) is 7.16. The van der Waals surface area contributed by atoms with E-state index in [1.54, 1.807) is 7.11 Å². The van der Waals surface area contributed by atoms with Crippen molar-refractivity contribution in [1.82, 2.24) is 5.43 Å². The second-order valence-corrected chi connectivity index (χ2v) is 5.20. The summed E-state index contributed by atoms with van der Waals surface area (Å²) in [5.74, 6) is 0.800. The largest absolute Gasteiger partial charge is 0.497 e. The van der Waals surface area contributed by atoms with Crippen molar-refractivity contribution in [3.63, 3.8) is 0 Å². The molecule has 2 rings (SSSR count). The minimum atomic E-state index is 0.433. The van der Waals surface area contributed by atoms with Crippen LogP contribution in [0.1, 0.15) is 12.5 Å². The van der Waals surface area contributed by atoms with E-state index in [0.717, 1.165) is 22.7 Å². The first-order chi connectivity index (χ1) is 11.2. The lowest BCUT2D eigenvalue weighted by molar-refractivity contribution is 0.415. The maximum Gasteiger partial charge on any atom is 0.191 e. The normalized spacial score (nSPS) is 11.3. The molecule has 5 heteroatoms. The number of anilines is 1. The molecule has 0 heterocycles. The van der Waals surface area contributed by atoms with Crippen molar-refractivity contribution in [2.75, 3.05) is 12.4 Å². The zero-order chi connectivity index (χ0) is 16.5. The third-order valence-electron chi connectivity index (χ3n) is 3.00. The zero-order valence-corrected chi connectivity index (χ0v) is 13.9. The zero-order valence-electron chi connectivity index (χ0n) is 13.1. The summed E-state index contributed by atoms with van der Waals surface area (Å²) in [7, 11) is 1.63. The summed E-state index contributed by atoms with van der Waals surface area (Å²) < 4.78 is 5.11. The van der Waals surface area contributed by atoms with Crippen LogP contribution >= 0.6 is 12.2 Å². The number of hydrazone groups is 1. The highest BCUT2D eigenvalue weighted by Crippen LogP contribution is 2.14. The van der Waals surface area contributed by atoms with Crippen molar-refractivity contribution in [3.8, 4) is 5.75 Å². The minimum Gasteiger partial charge on any atom is -0.497 e. The molecule has 0 atom stereocenters. The Labute approximate surface area is 141 Å². The first-order valence-corrected chi connectivity index (χ1v) is 7.56. The summed E-state index contributed by atoms with van der Waals surface area (Å²) in [5.41, 5.74) is 5.65. The Balaban J connectivity index is 1.85. The molecule has 4 nitrogen and oxygen atoms in total. The number of benzene rings is 2. The summed E-state index contributed by atoms with van der Waals surface area (Å²) in [4.78, 5) is 0. The van der Waals surface area contributed by atoms with Crippen LogP contribution < -0.4 is 15.5 Å². The molecule has 2 N–H and O–H groups in total. The average molecular weight is 325 g/mol. The van der Waals surface area contributed by atoms with Crippen LogP contribution in [0.15, 0.2) is 65.8 Å². The standard InChI is InChI=1S/C18H19N3OS/c1-14(8-9-15-6-4-3-5-7-15)20-21-18(23)19-16-10-12-17(22-2)13-11-16/h3-13H,1-2H3,(H2,19,21,23)/b9-8+,20-14-. The fraction of sp³-hybridized carbons (Fsp3) is 0.111. The summed E-state index contributed by atoms with van der Waals surface area (Å²) >= 11 is 5.21. The Bertz CT molecular complexity index is 694. The fourth-order valence-corrected chi connectivity index (χ4v) is 1.95. The van der Waals surface area contributed by atoms with Gasteiger partial charge in [-0.1, -0.05) is 36.4 Å². The molecular formula is C18H19N3OS. The Hall–Kier alpha value is -2.66. The van der Waals surface area contributed by atoms with E-state index in [-0.39, 0.29) is 0 Å². The van der Waals surface area contributed by atoms with Crippen LogP contribution in [-0.4, -0.2) is 17.9 Å². The molecule has 0 aliphatic rings. The summed E-state index contributed by atoms with van der Waals surface area (Å²) in [6, 6.07) is 17.6. The van der Waals surface area contributed by atoms with E-state index in [1.807, 2.05) is 73.7 Å². The van der Waals surface area contributed by atoms with Crippen molar-refractivity contribution in [3.05, 3.63) is 66.2 Å². The predicted molar refractivity (Wildman–Crippen MR) is 101 cm³/mol. The topological polar surface area (TPSA) is 45.6 Å². The van der Waals surface area contributed by atoms with Gasteiger partial charge >= 0.3 is 0 Å². The molecule has 0 fully saturated rings. The molecular weight excluding hydrogens is 306 g/mol. The SMILES string of the molecule is COc1ccc(NC(=S)N/N=C(C)\C=C\c2ccccc2)cc1. The number of allylic oxidation sites excluding steroid dienone is 1. The highest BCUT2D eigenvalue weighted by Gasteiger charge is 1.97. The minimum absolute atomic E-state index is 0.433. The van der Waals surface area contributed by atoms with Gasteiger partial charge in [-0.25, -0.2) is 0 Å². The number of rotatable bonds is 5.